The Balaban J connectivity index is 2.32. The van der Waals surface area contributed by atoms with Crippen molar-refractivity contribution in [2.75, 3.05) is 0 Å². The van der Waals surface area contributed by atoms with E-state index in [9.17, 15) is 0 Å². The van der Waals surface area contributed by atoms with Gasteiger partial charge in [-0.25, -0.2) is 9.97 Å². The average molecular weight is 252 g/mol. The van der Waals surface area contributed by atoms with Crippen molar-refractivity contribution in [2.24, 2.45) is 5.73 Å². The summed E-state index contributed by atoms with van der Waals surface area (Å²) in [6, 6.07) is 10.1. The van der Waals surface area contributed by atoms with Crippen LogP contribution >= 0.6 is 0 Å². The van der Waals surface area contributed by atoms with Crippen LogP contribution in [-0.4, -0.2) is 14.5 Å². The van der Waals surface area contributed by atoms with Crippen LogP contribution in [0.5, 0.6) is 0 Å². The number of rotatable bonds is 2. The van der Waals surface area contributed by atoms with Gasteiger partial charge in [0.2, 0.25) is 0 Å². The van der Waals surface area contributed by atoms with Gasteiger partial charge in [0.15, 0.2) is 0 Å². The molecule has 2 heterocycles. The lowest BCUT2D eigenvalue weighted by atomic mass is 10.1. The van der Waals surface area contributed by atoms with Crippen LogP contribution in [0.2, 0.25) is 0 Å². The van der Waals surface area contributed by atoms with Gasteiger partial charge < -0.3 is 5.73 Å². The Bertz CT molecular complexity index is 743. The van der Waals surface area contributed by atoms with Crippen LogP contribution in [0.25, 0.3) is 16.9 Å². The predicted molar refractivity (Wildman–Crippen MR) is 76.2 cm³/mol. The molecule has 19 heavy (non-hydrogen) atoms. The number of aromatic nitrogens is 3. The molecule has 0 aliphatic heterocycles. The van der Waals surface area contributed by atoms with Gasteiger partial charge in [-0.2, -0.15) is 0 Å². The highest BCUT2D eigenvalue weighted by atomic mass is 15.1. The molecule has 0 unspecified atom stereocenters. The maximum absolute atomic E-state index is 5.88. The van der Waals surface area contributed by atoms with Gasteiger partial charge in [0, 0.05) is 17.8 Å². The topological polar surface area (TPSA) is 56.7 Å². The highest BCUT2D eigenvalue weighted by Crippen LogP contribution is 2.22. The smallest absolute Gasteiger partial charge is 0.143 e. The van der Waals surface area contributed by atoms with Crippen molar-refractivity contribution in [2.45, 2.75) is 20.4 Å². The number of hydrogen-bond donors (Lipinski definition) is 1. The molecule has 0 aliphatic carbocycles. The molecule has 96 valence electrons. The van der Waals surface area contributed by atoms with E-state index in [0.29, 0.717) is 6.54 Å². The minimum atomic E-state index is 0.473. The average Bonchev–Trinajstić information content (AvgIpc) is 2.81. The van der Waals surface area contributed by atoms with Gasteiger partial charge in [-0.05, 0) is 37.6 Å². The Morgan fingerprint density at radius 2 is 2.00 bits per heavy atom. The second kappa shape index (κ2) is 4.48. The van der Waals surface area contributed by atoms with Crippen LogP contribution in [0.4, 0.5) is 0 Å². The number of imidazole rings is 1. The Morgan fingerprint density at radius 1 is 1.21 bits per heavy atom. The largest absolute Gasteiger partial charge is 0.326 e. The van der Waals surface area contributed by atoms with Crippen molar-refractivity contribution >= 4 is 11.0 Å². The van der Waals surface area contributed by atoms with E-state index in [1.165, 1.54) is 5.56 Å². The van der Waals surface area contributed by atoms with Gasteiger partial charge in [-0.15, -0.1) is 0 Å². The van der Waals surface area contributed by atoms with Gasteiger partial charge in [0.05, 0.1) is 11.0 Å². The summed E-state index contributed by atoms with van der Waals surface area (Å²) in [5.74, 6) is 0.883. The predicted octanol–water partition coefficient (Wildman–Crippen LogP) is 2.50. The van der Waals surface area contributed by atoms with E-state index in [0.717, 1.165) is 28.1 Å². The lowest BCUT2D eigenvalue weighted by molar-refractivity contribution is 0.924. The molecule has 0 saturated carbocycles. The molecule has 2 aromatic heterocycles. The molecule has 0 radical (unpaired) electrons. The number of pyridine rings is 1. The number of benzene rings is 1. The van der Waals surface area contributed by atoms with Gasteiger partial charge in [-0.3, -0.25) is 4.57 Å². The minimum Gasteiger partial charge on any atom is -0.326 e. The van der Waals surface area contributed by atoms with Crippen molar-refractivity contribution in [3.05, 3.63) is 53.5 Å². The standard InChI is InChI=1S/C15H16N4/c1-10-7-11(2)18-15(12(10)8-16)19-9-17-13-5-3-4-6-14(13)19/h3-7,9H,8,16H2,1-2H3. The zero-order chi connectivity index (χ0) is 13.4. The monoisotopic (exact) mass is 252 g/mol. The van der Waals surface area contributed by atoms with E-state index < -0.39 is 0 Å². The maximum atomic E-state index is 5.88. The lowest BCUT2D eigenvalue weighted by Gasteiger charge is -2.12. The molecule has 3 rings (SSSR count). The van der Waals surface area contributed by atoms with E-state index in [4.69, 9.17) is 5.73 Å². The number of hydrogen-bond acceptors (Lipinski definition) is 3. The van der Waals surface area contributed by atoms with Crippen molar-refractivity contribution in [1.29, 1.82) is 0 Å². The Labute approximate surface area is 111 Å². The first-order valence-corrected chi connectivity index (χ1v) is 6.30. The summed E-state index contributed by atoms with van der Waals surface area (Å²) < 4.78 is 2.01. The molecule has 4 heteroatoms. The van der Waals surface area contributed by atoms with Crippen molar-refractivity contribution in [3.63, 3.8) is 0 Å². The normalized spacial score (nSPS) is 11.1. The number of aryl methyl sites for hydroxylation is 2. The quantitative estimate of drug-likeness (QED) is 0.762. The van der Waals surface area contributed by atoms with E-state index in [1.807, 2.05) is 42.1 Å². The first kappa shape index (κ1) is 11.9. The molecule has 0 amide bonds. The van der Waals surface area contributed by atoms with Crippen LogP contribution in [0.3, 0.4) is 0 Å². The van der Waals surface area contributed by atoms with E-state index in [1.54, 1.807) is 0 Å². The van der Waals surface area contributed by atoms with Crippen LogP contribution in [0.1, 0.15) is 16.8 Å². The molecular formula is C15H16N4. The summed E-state index contributed by atoms with van der Waals surface area (Å²) in [7, 11) is 0. The minimum absolute atomic E-state index is 0.473. The molecule has 0 fully saturated rings. The van der Waals surface area contributed by atoms with Gasteiger partial charge in [-0.1, -0.05) is 12.1 Å². The zero-order valence-electron chi connectivity index (χ0n) is 11.1. The van der Waals surface area contributed by atoms with E-state index in [2.05, 4.69) is 23.0 Å². The summed E-state index contributed by atoms with van der Waals surface area (Å²) in [5, 5.41) is 0. The number of nitrogens with zero attached hydrogens (tertiary/aromatic N) is 3. The lowest BCUT2D eigenvalue weighted by Crippen LogP contribution is -2.09. The Morgan fingerprint density at radius 3 is 2.79 bits per heavy atom. The van der Waals surface area contributed by atoms with Crippen LogP contribution in [0.15, 0.2) is 36.7 Å². The van der Waals surface area contributed by atoms with E-state index in [-0.39, 0.29) is 0 Å². The Hall–Kier alpha value is -2.20. The summed E-state index contributed by atoms with van der Waals surface area (Å²) in [6.07, 6.45) is 1.81. The Kier molecular flexibility index (Phi) is 2.80. The van der Waals surface area contributed by atoms with Crippen molar-refractivity contribution < 1.29 is 0 Å². The fourth-order valence-corrected chi connectivity index (χ4v) is 2.42. The number of nitrogens with two attached hydrogens (primary N) is 1. The number of para-hydroxylation sites is 2. The molecule has 1 aromatic carbocycles. The third kappa shape index (κ3) is 1.90. The second-order valence-corrected chi connectivity index (χ2v) is 4.69. The summed E-state index contributed by atoms with van der Waals surface area (Å²) in [6.45, 7) is 4.54. The van der Waals surface area contributed by atoms with Gasteiger partial charge >= 0.3 is 0 Å². The molecule has 0 aliphatic rings. The molecular weight excluding hydrogens is 236 g/mol. The molecule has 4 nitrogen and oxygen atoms in total. The first-order chi connectivity index (χ1) is 9.20. The first-order valence-electron chi connectivity index (χ1n) is 6.30. The fraction of sp³-hybridized carbons (Fsp3) is 0.200. The maximum Gasteiger partial charge on any atom is 0.143 e. The highest BCUT2D eigenvalue weighted by Gasteiger charge is 2.12. The molecule has 0 bridgehead atoms. The molecule has 0 atom stereocenters. The van der Waals surface area contributed by atoms with Crippen molar-refractivity contribution in [3.8, 4) is 5.82 Å². The summed E-state index contributed by atoms with van der Waals surface area (Å²) >= 11 is 0. The third-order valence-corrected chi connectivity index (χ3v) is 3.34. The summed E-state index contributed by atoms with van der Waals surface area (Å²) in [5.41, 5.74) is 11.1. The van der Waals surface area contributed by atoms with E-state index >= 15 is 0 Å². The molecule has 3 aromatic rings. The SMILES string of the molecule is Cc1cc(C)c(CN)c(-n2cnc3ccccc32)n1. The summed E-state index contributed by atoms with van der Waals surface area (Å²) in [4.78, 5) is 9.05. The van der Waals surface area contributed by atoms with Gasteiger partial charge in [0.25, 0.3) is 0 Å². The molecule has 2 N–H and O–H groups in total. The number of fused-ring (bicyclic) bond motifs is 1. The van der Waals surface area contributed by atoms with Crippen LogP contribution < -0.4 is 5.73 Å². The second-order valence-electron chi connectivity index (χ2n) is 4.69. The van der Waals surface area contributed by atoms with Crippen LogP contribution in [-0.2, 0) is 6.54 Å². The molecule has 0 spiro atoms. The van der Waals surface area contributed by atoms with Crippen LogP contribution in [0, 0.1) is 13.8 Å². The van der Waals surface area contributed by atoms with Gasteiger partial charge in [0.1, 0.15) is 12.1 Å². The zero-order valence-corrected chi connectivity index (χ0v) is 11.1. The molecule has 0 saturated heterocycles. The van der Waals surface area contributed by atoms with Crippen molar-refractivity contribution in [1.82, 2.24) is 14.5 Å². The fourth-order valence-electron chi connectivity index (χ4n) is 2.42. The third-order valence-electron chi connectivity index (χ3n) is 3.34. The highest BCUT2D eigenvalue weighted by molar-refractivity contribution is 5.77.